The molecule has 0 spiro atoms. The lowest BCUT2D eigenvalue weighted by Crippen LogP contribution is -2.00. The number of nitrogen functional groups attached to an aromatic ring is 1. The first-order valence-electron chi connectivity index (χ1n) is 7.46. The molecule has 6 heteroatoms. The summed E-state index contributed by atoms with van der Waals surface area (Å²) >= 11 is 12.8. The van der Waals surface area contributed by atoms with E-state index in [4.69, 9.17) is 43.8 Å². The SMILES string of the molecule is CC.COc1cc(OC)c(Cl)c(-c2ccc(C(C)=N)c(N)c2)c1Cl. The molecule has 0 aromatic heterocycles. The Balaban J connectivity index is 0.00000139. The van der Waals surface area contributed by atoms with Crippen LogP contribution in [0.3, 0.4) is 0 Å². The fourth-order valence-corrected chi connectivity index (χ4v) is 2.92. The van der Waals surface area contributed by atoms with Crippen molar-refractivity contribution in [2.45, 2.75) is 20.8 Å². The van der Waals surface area contributed by atoms with Crippen molar-refractivity contribution in [3.8, 4) is 22.6 Å². The van der Waals surface area contributed by atoms with Gasteiger partial charge in [0.25, 0.3) is 0 Å². The van der Waals surface area contributed by atoms with Crippen molar-refractivity contribution < 1.29 is 9.47 Å². The molecular formula is C18H22Cl2N2O2. The summed E-state index contributed by atoms with van der Waals surface area (Å²) in [5.41, 5.74) is 8.88. The van der Waals surface area contributed by atoms with E-state index >= 15 is 0 Å². The number of benzene rings is 2. The highest BCUT2D eigenvalue weighted by molar-refractivity contribution is 6.41. The molecule has 0 heterocycles. The number of nitrogens with one attached hydrogen (secondary N) is 1. The maximum Gasteiger partial charge on any atom is 0.141 e. The van der Waals surface area contributed by atoms with Crippen LogP contribution in [0.1, 0.15) is 26.3 Å². The molecule has 4 nitrogen and oxygen atoms in total. The first kappa shape index (κ1) is 20.1. The van der Waals surface area contributed by atoms with Gasteiger partial charge in [0, 0.05) is 28.6 Å². The molecule has 130 valence electrons. The van der Waals surface area contributed by atoms with Crippen LogP contribution in [0.25, 0.3) is 11.1 Å². The smallest absolute Gasteiger partial charge is 0.141 e. The summed E-state index contributed by atoms with van der Waals surface area (Å²) in [5.74, 6) is 0.924. The number of anilines is 1. The molecule has 2 aromatic rings. The molecular weight excluding hydrogens is 347 g/mol. The lowest BCUT2D eigenvalue weighted by atomic mass is 10.00. The van der Waals surface area contributed by atoms with E-state index in [1.807, 2.05) is 19.9 Å². The fourth-order valence-electron chi connectivity index (χ4n) is 2.20. The Kier molecular flexibility index (Phi) is 7.39. The zero-order chi connectivity index (χ0) is 18.4. The van der Waals surface area contributed by atoms with Crippen molar-refractivity contribution in [2.24, 2.45) is 0 Å². The van der Waals surface area contributed by atoms with Gasteiger partial charge in [0.2, 0.25) is 0 Å². The summed E-state index contributed by atoms with van der Waals surface area (Å²) in [7, 11) is 3.04. The van der Waals surface area contributed by atoms with Gasteiger partial charge < -0.3 is 20.6 Å². The average molecular weight is 369 g/mol. The molecule has 0 unspecified atom stereocenters. The minimum atomic E-state index is 0.382. The third-order valence-electron chi connectivity index (χ3n) is 3.32. The number of ether oxygens (including phenoxy) is 2. The summed E-state index contributed by atoms with van der Waals surface area (Å²) in [4.78, 5) is 0. The Bertz CT molecular complexity index is 718. The number of rotatable bonds is 4. The van der Waals surface area contributed by atoms with Crippen LogP contribution in [0.15, 0.2) is 24.3 Å². The highest BCUT2D eigenvalue weighted by atomic mass is 35.5. The standard InChI is InChI=1S/C16H16Cl2N2O2.C2H6/c1-8(19)10-5-4-9(6-11(10)20)14-15(17)12(21-2)7-13(22-3)16(14)18;1-2/h4-7,19H,20H2,1-3H3;1-2H3. The van der Waals surface area contributed by atoms with Crippen molar-refractivity contribution in [1.82, 2.24) is 0 Å². The predicted octanol–water partition coefficient (Wildman–Crippen LogP) is 5.67. The van der Waals surface area contributed by atoms with E-state index in [1.165, 1.54) is 14.2 Å². The van der Waals surface area contributed by atoms with Crippen LogP contribution in [-0.2, 0) is 0 Å². The highest BCUT2D eigenvalue weighted by Crippen LogP contribution is 2.46. The zero-order valence-corrected chi connectivity index (χ0v) is 16.0. The van der Waals surface area contributed by atoms with Gasteiger partial charge in [-0.05, 0) is 18.6 Å². The predicted molar refractivity (Wildman–Crippen MR) is 103 cm³/mol. The second kappa shape index (κ2) is 8.81. The lowest BCUT2D eigenvalue weighted by Gasteiger charge is -2.15. The summed E-state index contributed by atoms with van der Waals surface area (Å²) in [5, 5.41) is 8.45. The highest BCUT2D eigenvalue weighted by Gasteiger charge is 2.19. The number of methoxy groups -OCH3 is 2. The summed E-state index contributed by atoms with van der Waals surface area (Å²) in [6.45, 7) is 5.68. The van der Waals surface area contributed by atoms with Crippen LogP contribution >= 0.6 is 23.2 Å². The van der Waals surface area contributed by atoms with Crippen molar-refractivity contribution >= 4 is 34.6 Å². The first-order valence-corrected chi connectivity index (χ1v) is 8.21. The lowest BCUT2D eigenvalue weighted by molar-refractivity contribution is 0.395. The second-order valence-electron chi connectivity index (χ2n) is 4.71. The number of hydrogen-bond donors (Lipinski definition) is 2. The van der Waals surface area contributed by atoms with Crippen LogP contribution in [0, 0.1) is 5.41 Å². The largest absolute Gasteiger partial charge is 0.495 e. The van der Waals surface area contributed by atoms with E-state index < -0.39 is 0 Å². The van der Waals surface area contributed by atoms with Gasteiger partial charge in [-0.2, -0.15) is 0 Å². The summed E-state index contributed by atoms with van der Waals surface area (Å²) in [6.07, 6.45) is 0. The zero-order valence-electron chi connectivity index (χ0n) is 14.5. The topological polar surface area (TPSA) is 68.3 Å². The summed E-state index contributed by atoms with van der Waals surface area (Å²) < 4.78 is 10.5. The molecule has 0 saturated heterocycles. The monoisotopic (exact) mass is 368 g/mol. The fraction of sp³-hybridized carbons (Fsp3) is 0.278. The van der Waals surface area contributed by atoms with Crippen LogP contribution in [-0.4, -0.2) is 19.9 Å². The molecule has 3 N–H and O–H groups in total. The minimum Gasteiger partial charge on any atom is -0.495 e. The van der Waals surface area contributed by atoms with E-state index in [2.05, 4.69) is 0 Å². The van der Waals surface area contributed by atoms with Gasteiger partial charge in [-0.1, -0.05) is 49.2 Å². The van der Waals surface area contributed by atoms with Crippen molar-refractivity contribution in [3.63, 3.8) is 0 Å². The third-order valence-corrected chi connectivity index (χ3v) is 4.07. The quantitative estimate of drug-likeness (QED) is 0.539. The third kappa shape index (κ3) is 3.94. The van der Waals surface area contributed by atoms with Crippen molar-refractivity contribution in [2.75, 3.05) is 20.0 Å². The molecule has 0 bridgehead atoms. The molecule has 2 rings (SSSR count). The molecule has 0 aliphatic heterocycles. The van der Waals surface area contributed by atoms with Gasteiger partial charge in [-0.25, -0.2) is 0 Å². The second-order valence-corrected chi connectivity index (χ2v) is 5.47. The molecule has 24 heavy (non-hydrogen) atoms. The Labute approximate surface area is 153 Å². The van der Waals surface area contributed by atoms with Crippen molar-refractivity contribution in [3.05, 3.63) is 39.9 Å². The summed E-state index contributed by atoms with van der Waals surface area (Å²) in [6, 6.07) is 6.95. The Morgan fingerprint density at radius 3 is 1.88 bits per heavy atom. The van der Waals surface area contributed by atoms with E-state index in [9.17, 15) is 0 Å². The van der Waals surface area contributed by atoms with Crippen molar-refractivity contribution in [1.29, 1.82) is 5.41 Å². The van der Waals surface area contributed by atoms with Crippen LogP contribution in [0.2, 0.25) is 10.0 Å². The van der Waals surface area contributed by atoms with Gasteiger partial charge in [-0.15, -0.1) is 0 Å². The first-order chi connectivity index (χ1) is 11.4. The van der Waals surface area contributed by atoms with Crippen LogP contribution < -0.4 is 15.2 Å². The Morgan fingerprint density at radius 1 is 1.00 bits per heavy atom. The van der Waals surface area contributed by atoms with Gasteiger partial charge >= 0.3 is 0 Å². The maximum atomic E-state index is 7.69. The van der Waals surface area contributed by atoms with E-state index in [0.29, 0.717) is 44.1 Å². The van der Waals surface area contributed by atoms with Crippen LogP contribution in [0.4, 0.5) is 5.69 Å². The van der Waals surface area contributed by atoms with Crippen LogP contribution in [0.5, 0.6) is 11.5 Å². The maximum absolute atomic E-state index is 7.69. The number of nitrogens with two attached hydrogens (primary N) is 1. The molecule has 0 amide bonds. The molecule has 0 fully saturated rings. The van der Waals surface area contributed by atoms with Gasteiger partial charge in [-0.3, -0.25) is 0 Å². The van der Waals surface area contributed by atoms with E-state index in [-0.39, 0.29) is 0 Å². The molecule has 0 atom stereocenters. The number of hydrogen-bond acceptors (Lipinski definition) is 4. The Morgan fingerprint density at radius 2 is 1.50 bits per heavy atom. The molecule has 0 saturated carbocycles. The molecule has 0 radical (unpaired) electrons. The minimum absolute atomic E-state index is 0.382. The van der Waals surface area contributed by atoms with E-state index in [1.54, 1.807) is 25.1 Å². The normalized spacial score (nSPS) is 9.79. The van der Waals surface area contributed by atoms with Gasteiger partial charge in [0.1, 0.15) is 11.5 Å². The Hall–Kier alpha value is -1.91. The molecule has 2 aromatic carbocycles. The molecule has 0 aliphatic rings. The number of halogens is 2. The van der Waals surface area contributed by atoms with Gasteiger partial charge in [0.15, 0.2) is 0 Å². The van der Waals surface area contributed by atoms with Gasteiger partial charge in [0.05, 0.1) is 24.3 Å². The molecule has 0 aliphatic carbocycles. The average Bonchev–Trinajstić information content (AvgIpc) is 2.57. The van der Waals surface area contributed by atoms with E-state index in [0.717, 1.165) is 5.56 Å².